The van der Waals surface area contributed by atoms with Crippen LogP contribution in [0.3, 0.4) is 0 Å². The van der Waals surface area contributed by atoms with Crippen molar-refractivity contribution in [2.75, 3.05) is 50.5 Å². The number of carbonyl (C=O) groups excluding carboxylic acids is 2. The summed E-state index contributed by atoms with van der Waals surface area (Å²) in [6.45, 7) is 2.37. The average Bonchev–Trinajstić information content (AvgIpc) is 3.16. The molecule has 3 rings (SSSR count). The topological polar surface area (TPSA) is 105 Å². The number of likely N-dealkylation sites (N-methyl/N-ethyl adjacent to an activating group) is 1. The van der Waals surface area contributed by atoms with Crippen LogP contribution in [0.2, 0.25) is 0 Å². The van der Waals surface area contributed by atoms with Gasteiger partial charge >= 0.3 is 6.18 Å². The number of nitriles is 1. The van der Waals surface area contributed by atoms with Crippen molar-refractivity contribution in [2.24, 2.45) is 5.92 Å². The van der Waals surface area contributed by atoms with Gasteiger partial charge < -0.3 is 25.3 Å². The van der Waals surface area contributed by atoms with Gasteiger partial charge in [0.05, 0.1) is 11.0 Å². The van der Waals surface area contributed by atoms with Crippen LogP contribution in [0.1, 0.15) is 19.8 Å². The lowest BCUT2D eigenvalue weighted by Crippen LogP contribution is -2.45. The molecule has 0 radical (unpaired) electrons. The molecule has 0 spiro atoms. The molecule has 2 atom stereocenters. The summed E-state index contributed by atoms with van der Waals surface area (Å²) < 4.78 is 37.5. The maximum atomic E-state index is 12.9. The molecular weight excluding hydrogens is 495 g/mol. The highest BCUT2D eigenvalue weighted by atomic mass is 32.2. The van der Waals surface area contributed by atoms with Crippen LogP contribution >= 0.6 is 11.8 Å². The molecule has 2 saturated heterocycles. The molecule has 1 aromatic heterocycles. The normalized spacial score (nSPS) is 21.4. The first-order valence-corrected chi connectivity index (χ1v) is 12.5. The number of alkyl halides is 3. The summed E-state index contributed by atoms with van der Waals surface area (Å²) in [5.41, 5.74) is 0.701. The van der Waals surface area contributed by atoms with Gasteiger partial charge in [0, 0.05) is 43.8 Å². The number of aromatic nitrogens is 1. The zero-order valence-electron chi connectivity index (χ0n) is 20.4. The fraction of sp³-hybridized carbons (Fsp3) is 0.565. The van der Waals surface area contributed by atoms with Gasteiger partial charge in [-0.15, -0.1) is 0 Å². The lowest BCUT2D eigenvalue weighted by atomic mass is 10.0. The Labute approximate surface area is 212 Å². The third-order valence-corrected chi connectivity index (χ3v) is 7.56. The van der Waals surface area contributed by atoms with E-state index in [-0.39, 0.29) is 11.4 Å². The highest BCUT2D eigenvalue weighted by molar-refractivity contribution is 8.05. The second-order valence-corrected chi connectivity index (χ2v) is 9.90. The van der Waals surface area contributed by atoms with Gasteiger partial charge in [-0.3, -0.25) is 9.59 Å². The van der Waals surface area contributed by atoms with Crippen LogP contribution in [0.25, 0.3) is 0 Å². The molecule has 0 aromatic carbocycles. The van der Waals surface area contributed by atoms with Crippen molar-refractivity contribution in [3.63, 3.8) is 0 Å². The van der Waals surface area contributed by atoms with Crippen LogP contribution in [0.4, 0.5) is 24.7 Å². The standard InChI is InChI=1S/C23H30F3N7O2S/c1-4-33-21(35)18(36-22(33)17(12-27)20(34)30-14-23(24,25)26)13-29-15-5-8-28-19(11-15)32(3)16-6-9-31(2)10-7-16/h5,8,11,13,16-17,22H,4,6-7,9-10,14H2,1-3H3,(H,28,29)(H,30,34)/b18-13-. The summed E-state index contributed by atoms with van der Waals surface area (Å²) >= 11 is 0.978. The lowest BCUT2D eigenvalue weighted by Gasteiger charge is -2.35. The van der Waals surface area contributed by atoms with Crippen molar-refractivity contribution >= 4 is 35.1 Å². The third-order valence-electron chi connectivity index (χ3n) is 6.25. The Hall–Kier alpha value is -2.98. The number of likely N-dealkylation sites (tertiary alicyclic amines) is 1. The number of pyridine rings is 1. The number of hydrogen-bond acceptors (Lipinski definition) is 8. The maximum Gasteiger partial charge on any atom is 0.405 e. The molecule has 0 aliphatic carbocycles. The summed E-state index contributed by atoms with van der Waals surface area (Å²) in [5, 5.41) is 13.4. The third kappa shape index (κ3) is 6.82. The quantitative estimate of drug-likeness (QED) is 0.500. The first kappa shape index (κ1) is 27.6. The minimum Gasteiger partial charge on any atom is -0.360 e. The minimum absolute atomic E-state index is 0.194. The number of thioether (sulfide) groups is 1. The molecular formula is C23H30F3N7O2S. The molecule has 1 aromatic rings. The number of nitrogens with one attached hydrogen (secondary N) is 2. The lowest BCUT2D eigenvalue weighted by molar-refractivity contribution is -0.140. The van der Waals surface area contributed by atoms with Gasteiger partial charge in [0.2, 0.25) is 5.91 Å². The van der Waals surface area contributed by atoms with Gasteiger partial charge in [0.25, 0.3) is 5.91 Å². The Kier molecular flexibility index (Phi) is 9.08. The smallest absolute Gasteiger partial charge is 0.360 e. The second-order valence-electron chi connectivity index (χ2n) is 8.74. The molecule has 2 amide bonds. The van der Waals surface area contributed by atoms with Gasteiger partial charge in [-0.05, 0) is 46.0 Å². The van der Waals surface area contributed by atoms with Crippen LogP contribution in [0.15, 0.2) is 29.4 Å². The summed E-state index contributed by atoms with van der Waals surface area (Å²) in [5.74, 6) is -2.13. The highest BCUT2D eigenvalue weighted by Gasteiger charge is 2.44. The van der Waals surface area contributed by atoms with E-state index in [0.717, 1.165) is 43.5 Å². The van der Waals surface area contributed by atoms with Crippen LogP contribution in [0.5, 0.6) is 0 Å². The van der Waals surface area contributed by atoms with Crippen molar-refractivity contribution in [1.82, 2.24) is 20.1 Å². The van der Waals surface area contributed by atoms with Crippen molar-refractivity contribution in [3.05, 3.63) is 29.4 Å². The Morgan fingerprint density at radius 2 is 2.11 bits per heavy atom. The van der Waals surface area contributed by atoms with E-state index >= 15 is 0 Å². The van der Waals surface area contributed by atoms with Crippen molar-refractivity contribution in [2.45, 2.75) is 37.4 Å². The van der Waals surface area contributed by atoms with Gasteiger partial charge in [0.1, 0.15) is 17.7 Å². The molecule has 0 bridgehead atoms. The van der Waals surface area contributed by atoms with Gasteiger partial charge in [-0.1, -0.05) is 11.8 Å². The zero-order valence-corrected chi connectivity index (χ0v) is 21.2. The molecule has 9 nitrogen and oxygen atoms in total. The number of piperidine rings is 1. The van der Waals surface area contributed by atoms with E-state index in [2.05, 4.69) is 27.1 Å². The van der Waals surface area contributed by atoms with Crippen molar-refractivity contribution in [1.29, 1.82) is 5.26 Å². The Balaban J connectivity index is 1.70. The van der Waals surface area contributed by atoms with E-state index in [1.165, 1.54) is 11.1 Å². The molecule has 196 valence electrons. The summed E-state index contributed by atoms with van der Waals surface area (Å²) in [6.07, 6.45) is 0.632. The van der Waals surface area contributed by atoms with E-state index in [1.807, 2.05) is 13.1 Å². The van der Waals surface area contributed by atoms with E-state index in [0.29, 0.717) is 11.7 Å². The number of nitrogens with zero attached hydrogens (tertiary/aromatic N) is 5. The van der Waals surface area contributed by atoms with Gasteiger partial charge in [-0.2, -0.15) is 18.4 Å². The highest BCUT2D eigenvalue weighted by Crippen LogP contribution is 2.39. The predicted molar refractivity (Wildman–Crippen MR) is 132 cm³/mol. The number of halogens is 3. The molecule has 2 aliphatic rings. The van der Waals surface area contributed by atoms with Crippen molar-refractivity contribution < 1.29 is 22.8 Å². The number of carbonyl (C=O) groups is 2. The second kappa shape index (κ2) is 11.8. The van der Waals surface area contributed by atoms with Crippen LogP contribution in [-0.2, 0) is 9.59 Å². The average molecular weight is 526 g/mol. The van der Waals surface area contributed by atoms with E-state index in [9.17, 15) is 28.0 Å². The van der Waals surface area contributed by atoms with Crippen LogP contribution in [-0.4, -0.2) is 84.5 Å². The van der Waals surface area contributed by atoms with E-state index in [4.69, 9.17) is 0 Å². The number of rotatable bonds is 8. The van der Waals surface area contributed by atoms with Gasteiger partial charge in [-0.25, -0.2) is 4.98 Å². The Morgan fingerprint density at radius 1 is 1.42 bits per heavy atom. The summed E-state index contributed by atoms with van der Waals surface area (Å²) in [7, 11) is 4.11. The number of amides is 2. The number of anilines is 2. The monoisotopic (exact) mass is 525 g/mol. The molecule has 2 aliphatic heterocycles. The SMILES string of the molecule is CCN1C(=O)/C(=C/Nc2ccnc(N(C)C3CCN(C)CC3)c2)SC1C(C#N)C(=O)NCC(F)(F)F. The Morgan fingerprint density at radius 3 is 2.72 bits per heavy atom. The summed E-state index contributed by atoms with van der Waals surface area (Å²) in [6, 6.07) is 5.76. The molecule has 2 N–H and O–H groups in total. The van der Waals surface area contributed by atoms with E-state index in [1.54, 1.807) is 30.6 Å². The van der Waals surface area contributed by atoms with Crippen LogP contribution in [0, 0.1) is 17.2 Å². The van der Waals surface area contributed by atoms with Crippen molar-refractivity contribution in [3.8, 4) is 6.07 Å². The zero-order chi connectivity index (χ0) is 26.5. The predicted octanol–water partition coefficient (Wildman–Crippen LogP) is 2.60. The summed E-state index contributed by atoms with van der Waals surface area (Å²) in [4.78, 5) is 35.6. The fourth-order valence-electron chi connectivity index (χ4n) is 4.14. The largest absolute Gasteiger partial charge is 0.405 e. The molecule has 13 heteroatoms. The molecule has 2 unspecified atom stereocenters. The molecule has 36 heavy (non-hydrogen) atoms. The number of hydrogen-bond donors (Lipinski definition) is 2. The first-order valence-electron chi connectivity index (χ1n) is 11.6. The van der Waals surface area contributed by atoms with Gasteiger partial charge in [0.15, 0.2) is 5.92 Å². The molecule has 2 fully saturated rings. The fourth-order valence-corrected chi connectivity index (χ4v) is 5.43. The van der Waals surface area contributed by atoms with E-state index < -0.39 is 35.8 Å². The first-order chi connectivity index (χ1) is 17.0. The Bertz CT molecular complexity index is 1020. The molecule has 0 saturated carbocycles. The minimum atomic E-state index is -4.60. The molecule has 3 heterocycles. The van der Waals surface area contributed by atoms with Crippen LogP contribution < -0.4 is 15.5 Å². The maximum absolute atomic E-state index is 12.9.